The Bertz CT molecular complexity index is 413. The fourth-order valence-electron chi connectivity index (χ4n) is 1.72. The summed E-state index contributed by atoms with van der Waals surface area (Å²) in [5, 5.41) is 2.99. The average Bonchev–Trinajstić information content (AvgIpc) is 3.02. The van der Waals surface area contributed by atoms with E-state index in [1.807, 2.05) is 45.0 Å². The lowest BCUT2D eigenvalue weighted by Crippen LogP contribution is -2.27. The molecule has 0 atom stereocenters. The highest BCUT2D eigenvalue weighted by molar-refractivity contribution is 5.79. The van der Waals surface area contributed by atoms with Gasteiger partial charge in [0.05, 0.1) is 6.42 Å². The van der Waals surface area contributed by atoms with Crippen molar-refractivity contribution in [2.45, 2.75) is 51.7 Å². The minimum absolute atomic E-state index is 0.113. The van der Waals surface area contributed by atoms with Crippen LogP contribution in [0, 0.1) is 0 Å². The Morgan fingerprint density at radius 1 is 1.28 bits per heavy atom. The van der Waals surface area contributed by atoms with Crippen LogP contribution in [0.2, 0.25) is 0 Å². The van der Waals surface area contributed by atoms with Crippen molar-refractivity contribution in [2.24, 2.45) is 0 Å². The van der Waals surface area contributed by atoms with E-state index in [-0.39, 0.29) is 11.5 Å². The first-order chi connectivity index (χ1) is 8.42. The Balaban J connectivity index is 1.88. The second kappa shape index (κ2) is 5.01. The molecule has 0 bridgehead atoms. The number of rotatable bonds is 4. The zero-order valence-corrected chi connectivity index (χ0v) is 11.3. The van der Waals surface area contributed by atoms with Crippen molar-refractivity contribution < 1.29 is 9.53 Å². The van der Waals surface area contributed by atoms with Gasteiger partial charge in [0.1, 0.15) is 11.4 Å². The Morgan fingerprint density at radius 2 is 1.89 bits per heavy atom. The normalized spacial score (nSPS) is 15.3. The summed E-state index contributed by atoms with van der Waals surface area (Å²) in [5.74, 6) is 0.954. The number of carbonyl (C=O) groups is 1. The number of amides is 1. The molecule has 0 saturated heterocycles. The maximum Gasteiger partial charge on any atom is 0.224 e. The van der Waals surface area contributed by atoms with Crippen LogP contribution in [0.3, 0.4) is 0 Å². The molecule has 0 radical (unpaired) electrons. The molecule has 18 heavy (non-hydrogen) atoms. The molecular formula is C15H21NO2. The van der Waals surface area contributed by atoms with Gasteiger partial charge in [-0.3, -0.25) is 4.79 Å². The SMILES string of the molecule is CC(C)(C)Oc1ccc(CC(=O)NC2CC2)cc1. The summed E-state index contributed by atoms with van der Waals surface area (Å²) in [6.45, 7) is 6.05. The molecule has 0 unspecified atom stereocenters. The van der Waals surface area contributed by atoms with Gasteiger partial charge in [0.25, 0.3) is 0 Å². The minimum Gasteiger partial charge on any atom is -0.488 e. The van der Waals surface area contributed by atoms with E-state index in [0.717, 1.165) is 24.2 Å². The van der Waals surface area contributed by atoms with Crippen molar-refractivity contribution in [3.05, 3.63) is 29.8 Å². The van der Waals surface area contributed by atoms with Gasteiger partial charge < -0.3 is 10.1 Å². The van der Waals surface area contributed by atoms with Crippen molar-refractivity contribution in [3.8, 4) is 5.75 Å². The second-order valence-corrected chi connectivity index (χ2v) is 5.88. The quantitative estimate of drug-likeness (QED) is 0.888. The van der Waals surface area contributed by atoms with E-state index in [9.17, 15) is 4.79 Å². The molecule has 1 amide bonds. The van der Waals surface area contributed by atoms with Crippen molar-refractivity contribution >= 4 is 5.91 Å². The predicted molar refractivity (Wildman–Crippen MR) is 71.7 cm³/mol. The zero-order valence-electron chi connectivity index (χ0n) is 11.3. The monoisotopic (exact) mass is 247 g/mol. The molecule has 1 aromatic rings. The third-order valence-corrected chi connectivity index (χ3v) is 2.65. The van der Waals surface area contributed by atoms with Crippen LogP contribution >= 0.6 is 0 Å². The molecule has 0 spiro atoms. The average molecular weight is 247 g/mol. The smallest absolute Gasteiger partial charge is 0.224 e. The predicted octanol–water partition coefficient (Wildman–Crippen LogP) is 2.69. The van der Waals surface area contributed by atoms with Gasteiger partial charge in [-0.2, -0.15) is 0 Å². The number of ether oxygens (including phenoxy) is 1. The van der Waals surface area contributed by atoms with Crippen LogP contribution in [0.15, 0.2) is 24.3 Å². The van der Waals surface area contributed by atoms with Gasteiger partial charge in [0.15, 0.2) is 0 Å². The highest BCUT2D eigenvalue weighted by Gasteiger charge is 2.23. The lowest BCUT2D eigenvalue weighted by molar-refractivity contribution is -0.120. The van der Waals surface area contributed by atoms with Crippen LogP contribution < -0.4 is 10.1 Å². The molecule has 0 heterocycles. The number of carbonyl (C=O) groups excluding carboxylic acids is 1. The highest BCUT2D eigenvalue weighted by Crippen LogP contribution is 2.20. The number of hydrogen-bond acceptors (Lipinski definition) is 2. The van der Waals surface area contributed by atoms with E-state index in [2.05, 4.69) is 5.32 Å². The van der Waals surface area contributed by atoms with Gasteiger partial charge in [0, 0.05) is 6.04 Å². The molecule has 1 saturated carbocycles. The third kappa shape index (κ3) is 4.40. The van der Waals surface area contributed by atoms with Gasteiger partial charge in [-0.15, -0.1) is 0 Å². The summed E-state index contributed by atoms with van der Waals surface area (Å²) in [7, 11) is 0. The molecule has 3 nitrogen and oxygen atoms in total. The molecule has 2 rings (SSSR count). The summed E-state index contributed by atoms with van der Waals surface area (Å²) >= 11 is 0. The van der Waals surface area contributed by atoms with Crippen LogP contribution in [0.1, 0.15) is 39.2 Å². The van der Waals surface area contributed by atoms with E-state index in [1.54, 1.807) is 0 Å². The summed E-state index contributed by atoms with van der Waals surface area (Å²) in [5.41, 5.74) is 0.833. The first-order valence-electron chi connectivity index (χ1n) is 6.50. The molecule has 1 aliphatic carbocycles. The van der Waals surface area contributed by atoms with Crippen molar-refractivity contribution in [1.29, 1.82) is 0 Å². The van der Waals surface area contributed by atoms with Gasteiger partial charge in [-0.1, -0.05) is 12.1 Å². The molecule has 0 aliphatic heterocycles. The number of nitrogens with one attached hydrogen (secondary N) is 1. The second-order valence-electron chi connectivity index (χ2n) is 5.88. The fourth-order valence-corrected chi connectivity index (χ4v) is 1.72. The summed E-state index contributed by atoms with van der Waals surface area (Å²) < 4.78 is 5.74. The lowest BCUT2D eigenvalue weighted by atomic mass is 10.1. The topological polar surface area (TPSA) is 38.3 Å². The Kier molecular flexibility index (Phi) is 3.60. The molecule has 1 N–H and O–H groups in total. The van der Waals surface area contributed by atoms with E-state index in [4.69, 9.17) is 4.74 Å². The molecular weight excluding hydrogens is 226 g/mol. The maximum atomic E-state index is 11.6. The molecule has 3 heteroatoms. The molecule has 1 aromatic carbocycles. The van der Waals surface area contributed by atoms with Crippen LogP contribution in [0.5, 0.6) is 5.75 Å². The van der Waals surface area contributed by atoms with Crippen LogP contribution in [-0.4, -0.2) is 17.6 Å². The highest BCUT2D eigenvalue weighted by atomic mass is 16.5. The van der Waals surface area contributed by atoms with Crippen LogP contribution in [0.4, 0.5) is 0 Å². The van der Waals surface area contributed by atoms with Crippen molar-refractivity contribution in [2.75, 3.05) is 0 Å². The van der Waals surface area contributed by atoms with E-state index in [0.29, 0.717) is 12.5 Å². The number of hydrogen-bond donors (Lipinski definition) is 1. The molecule has 1 aliphatic rings. The summed E-state index contributed by atoms with van der Waals surface area (Å²) in [4.78, 5) is 11.6. The Labute approximate surface area is 109 Å². The Hall–Kier alpha value is -1.51. The fraction of sp³-hybridized carbons (Fsp3) is 0.533. The summed E-state index contributed by atoms with van der Waals surface area (Å²) in [6, 6.07) is 8.18. The minimum atomic E-state index is -0.190. The standard InChI is InChI=1S/C15H21NO2/c1-15(2,3)18-13-8-4-11(5-9-13)10-14(17)16-12-6-7-12/h4-5,8-9,12H,6-7,10H2,1-3H3,(H,16,17). The van der Waals surface area contributed by atoms with Crippen molar-refractivity contribution in [3.63, 3.8) is 0 Å². The van der Waals surface area contributed by atoms with Crippen LogP contribution in [0.25, 0.3) is 0 Å². The molecule has 1 fully saturated rings. The van der Waals surface area contributed by atoms with E-state index >= 15 is 0 Å². The van der Waals surface area contributed by atoms with Gasteiger partial charge in [0.2, 0.25) is 5.91 Å². The number of benzene rings is 1. The van der Waals surface area contributed by atoms with E-state index < -0.39 is 0 Å². The first-order valence-corrected chi connectivity index (χ1v) is 6.50. The van der Waals surface area contributed by atoms with Crippen LogP contribution in [-0.2, 0) is 11.2 Å². The molecule has 98 valence electrons. The molecule has 0 aromatic heterocycles. The lowest BCUT2D eigenvalue weighted by Gasteiger charge is -2.21. The summed E-state index contributed by atoms with van der Waals surface area (Å²) in [6.07, 6.45) is 2.71. The maximum absolute atomic E-state index is 11.6. The zero-order chi connectivity index (χ0) is 13.2. The van der Waals surface area contributed by atoms with Gasteiger partial charge in [-0.25, -0.2) is 0 Å². The van der Waals surface area contributed by atoms with E-state index in [1.165, 1.54) is 0 Å². The Morgan fingerprint density at radius 3 is 2.39 bits per heavy atom. The van der Waals surface area contributed by atoms with Gasteiger partial charge >= 0.3 is 0 Å². The third-order valence-electron chi connectivity index (χ3n) is 2.65. The largest absolute Gasteiger partial charge is 0.488 e. The first kappa shape index (κ1) is 12.9. The van der Waals surface area contributed by atoms with Crippen molar-refractivity contribution in [1.82, 2.24) is 5.32 Å². The van der Waals surface area contributed by atoms with Gasteiger partial charge in [-0.05, 0) is 51.3 Å².